The van der Waals surface area contributed by atoms with Gasteiger partial charge >= 0.3 is 5.63 Å². The summed E-state index contributed by atoms with van der Waals surface area (Å²) in [6, 6.07) is 14.2. The first-order chi connectivity index (χ1) is 14.6. The van der Waals surface area contributed by atoms with Crippen LogP contribution in [0.15, 0.2) is 63.9 Å². The van der Waals surface area contributed by atoms with Gasteiger partial charge in [-0.2, -0.15) is 0 Å². The summed E-state index contributed by atoms with van der Waals surface area (Å²) >= 11 is 0. The van der Waals surface area contributed by atoms with Gasteiger partial charge in [-0.1, -0.05) is 18.2 Å². The second-order valence-electron chi connectivity index (χ2n) is 7.43. The number of hydrogen-bond acceptors (Lipinski definition) is 5. The first kappa shape index (κ1) is 18.5. The molecule has 30 heavy (non-hydrogen) atoms. The van der Waals surface area contributed by atoms with E-state index in [1.165, 1.54) is 29.5 Å². The molecule has 0 radical (unpaired) electrons. The highest BCUT2D eigenvalue weighted by atomic mass is 19.1. The predicted molar refractivity (Wildman–Crippen MR) is 111 cm³/mol. The summed E-state index contributed by atoms with van der Waals surface area (Å²) in [6.07, 6.45) is 1.96. The van der Waals surface area contributed by atoms with E-state index in [0.717, 1.165) is 29.6 Å². The summed E-state index contributed by atoms with van der Waals surface area (Å²) in [6.45, 7) is 3.66. The highest BCUT2D eigenvalue weighted by molar-refractivity contribution is 5.82. The lowest BCUT2D eigenvalue weighted by molar-refractivity contribution is 0.422. The number of hydrogen-bond donors (Lipinski definition) is 1. The highest BCUT2D eigenvalue weighted by Crippen LogP contribution is 2.28. The lowest BCUT2D eigenvalue weighted by Gasteiger charge is -2.10. The Kier molecular flexibility index (Phi) is 4.56. The van der Waals surface area contributed by atoms with Crippen LogP contribution in [-0.2, 0) is 19.5 Å². The van der Waals surface area contributed by atoms with Crippen molar-refractivity contribution in [3.8, 4) is 11.6 Å². The van der Waals surface area contributed by atoms with Crippen molar-refractivity contribution in [1.29, 1.82) is 0 Å². The van der Waals surface area contributed by atoms with Gasteiger partial charge in [0.05, 0.1) is 0 Å². The zero-order valence-electron chi connectivity index (χ0n) is 16.4. The van der Waals surface area contributed by atoms with Crippen LogP contribution in [0.25, 0.3) is 11.0 Å². The van der Waals surface area contributed by atoms with Crippen molar-refractivity contribution in [3.05, 3.63) is 98.8 Å². The molecule has 0 bridgehead atoms. The number of aryl methyl sites for hydroxylation is 1. The fourth-order valence-corrected chi connectivity index (χ4v) is 3.86. The van der Waals surface area contributed by atoms with Crippen LogP contribution in [0.5, 0.6) is 11.6 Å². The van der Waals surface area contributed by atoms with Crippen molar-refractivity contribution in [3.63, 3.8) is 0 Å². The van der Waals surface area contributed by atoms with E-state index in [4.69, 9.17) is 9.15 Å². The molecule has 150 valence electrons. The number of nitrogens with one attached hydrogen (secondary N) is 1. The normalized spacial score (nSPS) is 12.9. The molecule has 2 aromatic carbocycles. The molecule has 6 heteroatoms. The molecule has 4 aromatic rings. The Morgan fingerprint density at radius 3 is 2.87 bits per heavy atom. The summed E-state index contributed by atoms with van der Waals surface area (Å²) in [5.74, 6) is -0.338. The fourth-order valence-electron chi connectivity index (χ4n) is 3.86. The molecule has 1 aliphatic heterocycles. The lowest BCUT2D eigenvalue weighted by atomic mass is 9.97. The number of benzene rings is 2. The molecule has 1 aliphatic rings. The summed E-state index contributed by atoms with van der Waals surface area (Å²) in [5, 5.41) is 4.15. The van der Waals surface area contributed by atoms with Crippen molar-refractivity contribution >= 4 is 11.0 Å². The van der Waals surface area contributed by atoms with Gasteiger partial charge in [0.25, 0.3) is 5.88 Å². The molecule has 5 nitrogen and oxygen atoms in total. The van der Waals surface area contributed by atoms with Crippen molar-refractivity contribution in [1.82, 2.24) is 10.3 Å². The molecule has 3 heterocycles. The maximum atomic E-state index is 13.8. The van der Waals surface area contributed by atoms with E-state index < -0.39 is 5.82 Å². The Morgan fingerprint density at radius 2 is 2.00 bits per heavy atom. The number of fused-ring (bicyclic) bond motifs is 2. The smallest absolute Gasteiger partial charge is 0.340 e. The lowest BCUT2D eigenvalue weighted by Crippen LogP contribution is -2.11. The third-order valence-electron chi connectivity index (χ3n) is 5.48. The van der Waals surface area contributed by atoms with Crippen LogP contribution < -0.4 is 15.7 Å². The Morgan fingerprint density at radius 1 is 1.13 bits per heavy atom. The molecule has 0 unspecified atom stereocenters. The standard InChI is InChI=1S/C24H19FN2O3/c1-14-19-7-6-18(29-23-21(25)3-2-8-27-23)11-22(19)30-24(28)20(14)10-15-4-5-16-12-26-13-17(16)9-15/h2-9,11,26H,10,12-13H2,1H3. The third-order valence-corrected chi connectivity index (χ3v) is 5.48. The summed E-state index contributed by atoms with van der Waals surface area (Å²) in [5.41, 5.74) is 5.19. The second-order valence-corrected chi connectivity index (χ2v) is 7.43. The molecule has 0 spiro atoms. The Labute approximate surface area is 172 Å². The SMILES string of the molecule is Cc1c(Cc2ccc3c(c2)CNC3)c(=O)oc2cc(Oc3ncccc3F)ccc12. The van der Waals surface area contributed by atoms with Crippen molar-refractivity contribution in [2.45, 2.75) is 26.4 Å². The van der Waals surface area contributed by atoms with Crippen molar-refractivity contribution in [2.75, 3.05) is 0 Å². The number of ether oxygens (including phenoxy) is 1. The molecule has 0 amide bonds. The Bertz CT molecular complexity index is 1330. The van der Waals surface area contributed by atoms with Gasteiger partial charge in [0.15, 0.2) is 5.82 Å². The number of nitrogens with zero attached hydrogens (tertiary/aromatic N) is 1. The maximum absolute atomic E-state index is 13.8. The zero-order chi connectivity index (χ0) is 20.7. The van der Waals surface area contributed by atoms with Gasteiger partial charge in [-0.25, -0.2) is 14.2 Å². The summed E-state index contributed by atoms with van der Waals surface area (Å²) < 4.78 is 24.9. The third kappa shape index (κ3) is 3.35. The molecular weight excluding hydrogens is 383 g/mol. The van der Waals surface area contributed by atoms with Gasteiger partial charge in [-0.3, -0.25) is 0 Å². The second kappa shape index (κ2) is 7.39. The van der Waals surface area contributed by atoms with E-state index in [9.17, 15) is 9.18 Å². The van der Waals surface area contributed by atoms with Crippen LogP contribution in [0.2, 0.25) is 0 Å². The van der Waals surface area contributed by atoms with Gasteiger partial charge in [-0.05, 0) is 53.4 Å². The van der Waals surface area contributed by atoms with E-state index in [2.05, 4.69) is 28.5 Å². The Hall–Kier alpha value is -3.51. The van der Waals surface area contributed by atoms with Crippen LogP contribution >= 0.6 is 0 Å². The average molecular weight is 402 g/mol. The van der Waals surface area contributed by atoms with Crippen LogP contribution in [0.4, 0.5) is 4.39 Å². The van der Waals surface area contributed by atoms with Gasteiger partial charge in [-0.15, -0.1) is 0 Å². The fraction of sp³-hybridized carbons (Fsp3) is 0.167. The van der Waals surface area contributed by atoms with Crippen LogP contribution in [-0.4, -0.2) is 4.98 Å². The topological polar surface area (TPSA) is 64.4 Å². The first-order valence-corrected chi connectivity index (χ1v) is 9.74. The van der Waals surface area contributed by atoms with Gasteiger partial charge in [0.2, 0.25) is 0 Å². The van der Waals surface area contributed by atoms with Crippen LogP contribution in [0.1, 0.15) is 27.8 Å². The summed E-state index contributed by atoms with van der Waals surface area (Å²) in [7, 11) is 0. The molecular formula is C24H19FN2O3. The van der Waals surface area contributed by atoms with Crippen LogP contribution in [0, 0.1) is 12.7 Å². The van der Waals surface area contributed by atoms with E-state index in [1.54, 1.807) is 12.1 Å². The van der Waals surface area contributed by atoms with Gasteiger partial charge in [0.1, 0.15) is 11.3 Å². The number of halogens is 1. The first-order valence-electron chi connectivity index (χ1n) is 9.74. The number of rotatable bonds is 4. The van der Waals surface area contributed by atoms with Crippen molar-refractivity contribution < 1.29 is 13.5 Å². The molecule has 0 aliphatic carbocycles. The van der Waals surface area contributed by atoms with E-state index >= 15 is 0 Å². The molecule has 0 saturated carbocycles. The Balaban J connectivity index is 1.49. The van der Waals surface area contributed by atoms with Gasteiger partial charge in [0, 0.05) is 42.7 Å². The number of pyridine rings is 1. The van der Waals surface area contributed by atoms with Gasteiger partial charge < -0.3 is 14.5 Å². The molecule has 0 saturated heterocycles. The monoisotopic (exact) mass is 402 g/mol. The van der Waals surface area contributed by atoms with E-state index in [-0.39, 0.29) is 11.5 Å². The molecule has 1 N–H and O–H groups in total. The summed E-state index contributed by atoms with van der Waals surface area (Å²) in [4.78, 5) is 16.6. The number of aromatic nitrogens is 1. The molecule has 0 fully saturated rings. The minimum absolute atomic E-state index is 0.126. The largest absolute Gasteiger partial charge is 0.436 e. The van der Waals surface area contributed by atoms with Crippen LogP contribution in [0.3, 0.4) is 0 Å². The molecule has 2 aromatic heterocycles. The molecule has 0 atom stereocenters. The zero-order valence-corrected chi connectivity index (χ0v) is 16.4. The highest BCUT2D eigenvalue weighted by Gasteiger charge is 2.16. The minimum atomic E-state index is -0.560. The van der Waals surface area contributed by atoms with E-state index in [0.29, 0.717) is 23.3 Å². The quantitative estimate of drug-likeness (QED) is 0.505. The maximum Gasteiger partial charge on any atom is 0.340 e. The minimum Gasteiger partial charge on any atom is -0.436 e. The van der Waals surface area contributed by atoms with Crippen molar-refractivity contribution in [2.24, 2.45) is 0 Å². The average Bonchev–Trinajstić information content (AvgIpc) is 3.20. The molecule has 5 rings (SSSR count). The predicted octanol–water partition coefficient (Wildman–Crippen LogP) is 4.62. The van der Waals surface area contributed by atoms with E-state index in [1.807, 2.05) is 13.0 Å².